The summed E-state index contributed by atoms with van der Waals surface area (Å²) in [5, 5.41) is 13.5. The van der Waals surface area contributed by atoms with Gasteiger partial charge >= 0.3 is 0 Å². The number of fused-ring (bicyclic) bond motifs is 1. The van der Waals surface area contributed by atoms with Crippen molar-refractivity contribution in [2.75, 3.05) is 6.54 Å². The molecule has 2 aliphatic rings. The summed E-state index contributed by atoms with van der Waals surface area (Å²) in [5.74, 6) is 0.471. The van der Waals surface area contributed by atoms with Gasteiger partial charge in [-0.15, -0.1) is 0 Å². The Labute approximate surface area is 109 Å². The molecule has 98 valence electrons. The van der Waals surface area contributed by atoms with Crippen molar-refractivity contribution in [2.45, 2.75) is 51.2 Å². The molecule has 18 heavy (non-hydrogen) atoms. The first kappa shape index (κ1) is 12.2. The number of nitrogens with one attached hydrogen (secondary N) is 1. The highest BCUT2D eigenvalue weighted by molar-refractivity contribution is 5.37. The Bertz CT molecular complexity index is 429. The molecule has 0 bridgehead atoms. The van der Waals surface area contributed by atoms with E-state index in [9.17, 15) is 5.11 Å². The molecule has 2 N–H and O–H groups in total. The largest absolute Gasteiger partial charge is 0.393 e. The zero-order valence-corrected chi connectivity index (χ0v) is 11.2. The van der Waals surface area contributed by atoms with Crippen LogP contribution in [0.2, 0.25) is 0 Å². The lowest BCUT2D eigenvalue weighted by atomic mass is 10.0. The predicted octanol–water partition coefficient (Wildman–Crippen LogP) is 2.73. The first-order valence-electron chi connectivity index (χ1n) is 7.25. The minimum atomic E-state index is -0.0733. The van der Waals surface area contributed by atoms with E-state index in [-0.39, 0.29) is 6.10 Å². The van der Waals surface area contributed by atoms with Crippen molar-refractivity contribution in [3.8, 4) is 0 Å². The summed E-state index contributed by atoms with van der Waals surface area (Å²) in [7, 11) is 0. The average molecular weight is 245 g/mol. The van der Waals surface area contributed by atoms with Crippen molar-refractivity contribution in [1.29, 1.82) is 0 Å². The lowest BCUT2D eigenvalue weighted by molar-refractivity contribution is 0.130. The van der Waals surface area contributed by atoms with Crippen molar-refractivity contribution in [1.82, 2.24) is 5.32 Å². The third kappa shape index (κ3) is 2.32. The maximum absolute atomic E-state index is 9.86. The fraction of sp³-hybridized carbons (Fsp3) is 0.625. The number of aliphatic hydroxyl groups excluding tert-OH is 1. The van der Waals surface area contributed by atoms with Crippen LogP contribution in [0.5, 0.6) is 0 Å². The van der Waals surface area contributed by atoms with E-state index in [0.717, 1.165) is 13.0 Å². The van der Waals surface area contributed by atoms with E-state index in [4.69, 9.17) is 0 Å². The molecule has 0 heterocycles. The lowest BCUT2D eigenvalue weighted by Crippen LogP contribution is -2.30. The zero-order chi connectivity index (χ0) is 12.5. The molecule has 3 atom stereocenters. The molecule has 0 amide bonds. The van der Waals surface area contributed by atoms with Crippen LogP contribution >= 0.6 is 0 Å². The van der Waals surface area contributed by atoms with Crippen LogP contribution in [0.25, 0.3) is 0 Å². The maximum Gasteiger partial charge on any atom is 0.0580 e. The van der Waals surface area contributed by atoms with E-state index in [1.54, 1.807) is 0 Å². The maximum atomic E-state index is 9.86. The second-order valence-electron chi connectivity index (χ2n) is 5.96. The number of hydrogen-bond acceptors (Lipinski definition) is 2. The first-order chi connectivity index (χ1) is 8.74. The van der Waals surface area contributed by atoms with Gasteiger partial charge in [-0.2, -0.15) is 0 Å². The quantitative estimate of drug-likeness (QED) is 0.858. The Kier molecular flexibility index (Phi) is 3.40. The molecule has 3 rings (SSSR count). The van der Waals surface area contributed by atoms with Crippen LogP contribution in [-0.2, 0) is 6.42 Å². The molecule has 2 aliphatic carbocycles. The third-order valence-corrected chi connectivity index (χ3v) is 4.62. The van der Waals surface area contributed by atoms with Gasteiger partial charge in [-0.1, -0.05) is 30.2 Å². The van der Waals surface area contributed by atoms with Gasteiger partial charge in [0.25, 0.3) is 0 Å². The van der Waals surface area contributed by atoms with Crippen molar-refractivity contribution in [3.63, 3.8) is 0 Å². The van der Waals surface area contributed by atoms with Gasteiger partial charge in [0.15, 0.2) is 0 Å². The van der Waals surface area contributed by atoms with Crippen molar-refractivity contribution >= 4 is 0 Å². The molecule has 0 radical (unpaired) electrons. The highest BCUT2D eigenvalue weighted by atomic mass is 16.3. The summed E-state index contributed by atoms with van der Waals surface area (Å²) in [6.07, 6.45) is 5.69. The van der Waals surface area contributed by atoms with Gasteiger partial charge in [0.2, 0.25) is 0 Å². The highest BCUT2D eigenvalue weighted by Gasteiger charge is 2.27. The van der Waals surface area contributed by atoms with Gasteiger partial charge < -0.3 is 10.4 Å². The van der Waals surface area contributed by atoms with Gasteiger partial charge in [0.05, 0.1) is 6.10 Å². The van der Waals surface area contributed by atoms with Gasteiger partial charge in [-0.25, -0.2) is 0 Å². The van der Waals surface area contributed by atoms with E-state index in [2.05, 4.69) is 30.4 Å². The Morgan fingerprint density at radius 3 is 2.94 bits per heavy atom. The number of rotatable bonds is 3. The molecule has 1 saturated carbocycles. The van der Waals surface area contributed by atoms with Gasteiger partial charge in [-0.05, 0) is 49.7 Å². The highest BCUT2D eigenvalue weighted by Crippen LogP contribution is 2.33. The number of benzene rings is 1. The SMILES string of the molecule is Cc1ccc2c(c1)C(NCC1CCCC1O)CC2. The smallest absolute Gasteiger partial charge is 0.0580 e. The third-order valence-electron chi connectivity index (χ3n) is 4.62. The summed E-state index contributed by atoms with van der Waals surface area (Å²) in [6.45, 7) is 3.13. The van der Waals surface area contributed by atoms with Crippen LogP contribution in [0.1, 0.15) is 48.4 Å². The average Bonchev–Trinajstić information content (AvgIpc) is 2.93. The monoisotopic (exact) mass is 245 g/mol. The van der Waals surface area contributed by atoms with Crippen LogP contribution in [0.3, 0.4) is 0 Å². The Morgan fingerprint density at radius 1 is 1.28 bits per heavy atom. The Morgan fingerprint density at radius 2 is 2.17 bits per heavy atom. The summed E-state index contributed by atoms with van der Waals surface area (Å²) in [4.78, 5) is 0. The van der Waals surface area contributed by atoms with Crippen LogP contribution in [0.4, 0.5) is 0 Å². The normalized spacial score (nSPS) is 30.7. The van der Waals surface area contributed by atoms with Crippen LogP contribution in [0.15, 0.2) is 18.2 Å². The van der Waals surface area contributed by atoms with E-state index in [0.29, 0.717) is 12.0 Å². The number of aliphatic hydroxyl groups is 1. The van der Waals surface area contributed by atoms with Crippen molar-refractivity contribution in [3.05, 3.63) is 34.9 Å². The van der Waals surface area contributed by atoms with E-state index in [1.165, 1.54) is 42.4 Å². The van der Waals surface area contributed by atoms with Crippen LogP contribution in [0, 0.1) is 12.8 Å². The van der Waals surface area contributed by atoms with Crippen LogP contribution in [-0.4, -0.2) is 17.8 Å². The van der Waals surface area contributed by atoms with Gasteiger partial charge in [-0.3, -0.25) is 0 Å². The fourth-order valence-electron chi connectivity index (χ4n) is 3.48. The molecule has 1 fully saturated rings. The Hall–Kier alpha value is -0.860. The molecule has 1 aromatic rings. The fourth-order valence-corrected chi connectivity index (χ4v) is 3.48. The number of hydrogen-bond donors (Lipinski definition) is 2. The summed E-state index contributed by atoms with van der Waals surface area (Å²) < 4.78 is 0. The first-order valence-corrected chi connectivity index (χ1v) is 7.25. The van der Waals surface area contributed by atoms with E-state index >= 15 is 0 Å². The molecular weight excluding hydrogens is 222 g/mol. The Balaban J connectivity index is 1.64. The molecular formula is C16H23NO. The molecule has 3 unspecified atom stereocenters. The second-order valence-corrected chi connectivity index (χ2v) is 5.96. The summed E-state index contributed by atoms with van der Waals surface area (Å²) in [6, 6.07) is 7.32. The zero-order valence-electron chi connectivity index (χ0n) is 11.2. The summed E-state index contributed by atoms with van der Waals surface area (Å²) in [5.41, 5.74) is 4.34. The van der Waals surface area contributed by atoms with Crippen molar-refractivity contribution in [2.24, 2.45) is 5.92 Å². The molecule has 1 aromatic carbocycles. The van der Waals surface area contributed by atoms with Gasteiger partial charge in [0, 0.05) is 12.6 Å². The molecule has 0 aromatic heterocycles. The minimum absolute atomic E-state index is 0.0733. The second kappa shape index (κ2) is 5.02. The standard InChI is InChI=1S/C16H23NO/c1-11-5-6-12-7-8-15(14(12)9-11)17-10-13-3-2-4-16(13)18/h5-6,9,13,15-18H,2-4,7-8,10H2,1H3. The molecule has 2 heteroatoms. The van der Waals surface area contributed by atoms with Gasteiger partial charge in [0.1, 0.15) is 0 Å². The number of aryl methyl sites for hydroxylation is 2. The summed E-state index contributed by atoms with van der Waals surface area (Å²) >= 11 is 0. The lowest BCUT2D eigenvalue weighted by Gasteiger charge is -2.20. The van der Waals surface area contributed by atoms with E-state index < -0.39 is 0 Å². The van der Waals surface area contributed by atoms with Crippen LogP contribution < -0.4 is 5.32 Å². The topological polar surface area (TPSA) is 32.3 Å². The predicted molar refractivity (Wildman–Crippen MR) is 73.6 cm³/mol. The molecule has 0 aliphatic heterocycles. The molecule has 0 spiro atoms. The molecule has 2 nitrogen and oxygen atoms in total. The minimum Gasteiger partial charge on any atom is -0.393 e. The van der Waals surface area contributed by atoms with Crippen molar-refractivity contribution < 1.29 is 5.11 Å². The molecule has 0 saturated heterocycles. The van der Waals surface area contributed by atoms with E-state index in [1.807, 2.05) is 0 Å².